The Bertz CT molecular complexity index is 415. The Hall–Kier alpha value is -1.98. The van der Waals surface area contributed by atoms with Crippen LogP contribution in [0.5, 0.6) is 0 Å². The van der Waals surface area contributed by atoms with Crippen molar-refractivity contribution in [3.05, 3.63) is 23.7 Å². The van der Waals surface area contributed by atoms with E-state index in [9.17, 15) is 9.59 Å². The first kappa shape index (κ1) is 15.1. The van der Waals surface area contributed by atoms with Gasteiger partial charge in [-0.2, -0.15) is 0 Å². The lowest BCUT2D eigenvalue weighted by Crippen LogP contribution is -2.36. The van der Waals surface area contributed by atoms with Crippen molar-refractivity contribution in [2.75, 3.05) is 19.7 Å². The van der Waals surface area contributed by atoms with Gasteiger partial charge in [-0.3, -0.25) is 0 Å². The second-order valence-electron chi connectivity index (χ2n) is 3.90. The highest BCUT2D eigenvalue weighted by molar-refractivity contribution is 5.86. The molecule has 0 unspecified atom stereocenters. The van der Waals surface area contributed by atoms with Gasteiger partial charge in [0.15, 0.2) is 0 Å². The highest BCUT2D eigenvalue weighted by Gasteiger charge is 2.11. The molecule has 0 aliphatic heterocycles. The van der Waals surface area contributed by atoms with Crippen molar-refractivity contribution >= 4 is 12.0 Å². The standard InChI is InChI=1S/C13H20N2O4/c1-3-10-6-7-11(19-10)12(16)18-9-5-8-15-13(17)14-4-2/h6-7H,3-5,8-9H2,1-2H3,(H2,14,15,17). The number of carbonyl (C=O) groups excluding carboxylic acids is 2. The molecule has 0 atom stereocenters. The minimum atomic E-state index is -0.474. The zero-order valence-corrected chi connectivity index (χ0v) is 11.3. The molecule has 19 heavy (non-hydrogen) atoms. The van der Waals surface area contributed by atoms with E-state index < -0.39 is 5.97 Å². The fourth-order valence-corrected chi connectivity index (χ4v) is 1.41. The van der Waals surface area contributed by atoms with Crippen LogP contribution in [0.2, 0.25) is 0 Å². The summed E-state index contributed by atoms with van der Waals surface area (Å²) in [4.78, 5) is 22.6. The van der Waals surface area contributed by atoms with Crippen LogP contribution in [0.25, 0.3) is 0 Å². The summed E-state index contributed by atoms with van der Waals surface area (Å²) in [6.45, 7) is 5.07. The third-order valence-corrected chi connectivity index (χ3v) is 2.39. The lowest BCUT2D eigenvalue weighted by Gasteiger charge is -2.06. The lowest BCUT2D eigenvalue weighted by molar-refractivity contribution is 0.0463. The maximum atomic E-state index is 11.6. The molecule has 1 aromatic rings. The van der Waals surface area contributed by atoms with Gasteiger partial charge in [-0.05, 0) is 25.5 Å². The van der Waals surface area contributed by atoms with Crippen LogP contribution in [-0.2, 0) is 11.2 Å². The van der Waals surface area contributed by atoms with E-state index in [0.717, 1.165) is 12.2 Å². The lowest BCUT2D eigenvalue weighted by atomic mass is 10.3. The smallest absolute Gasteiger partial charge is 0.374 e. The molecule has 0 saturated heterocycles. The molecule has 2 amide bonds. The number of amides is 2. The number of rotatable bonds is 7. The van der Waals surface area contributed by atoms with Gasteiger partial charge in [0.2, 0.25) is 5.76 Å². The summed E-state index contributed by atoms with van der Waals surface area (Å²) in [5, 5.41) is 5.25. The van der Waals surface area contributed by atoms with Crippen molar-refractivity contribution in [2.45, 2.75) is 26.7 Å². The molecule has 6 nitrogen and oxygen atoms in total. The fraction of sp³-hybridized carbons (Fsp3) is 0.538. The predicted octanol–water partition coefficient (Wildman–Crippen LogP) is 1.71. The van der Waals surface area contributed by atoms with Crippen molar-refractivity contribution in [3.8, 4) is 0 Å². The number of aryl methyl sites for hydroxylation is 1. The molecule has 106 valence electrons. The first-order chi connectivity index (χ1) is 9.17. The molecule has 1 aromatic heterocycles. The summed E-state index contributed by atoms with van der Waals surface area (Å²) in [5.41, 5.74) is 0. The van der Waals surface area contributed by atoms with E-state index >= 15 is 0 Å². The van der Waals surface area contributed by atoms with Crippen LogP contribution in [0, 0.1) is 0 Å². The molecule has 1 heterocycles. The van der Waals surface area contributed by atoms with Gasteiger partial charge >= 0.3 is 12.0 Å². The number of hydrogen-bond donors (Lipinski definition) is 2. The first-order valence-electron chi connectivity index (χ1n) is 6.44. The van der Waals surface area contributed by atoms with Gasteiger partial charge in [-0.1, -0.05) is 6.92 Å². The average Bonchev–Trinajstić information content (AvgIpc) is 2.87. The number of esters is 1. The van der Waals surface area contributed by atoms with Crippen LogP contribution in [0.3, 0.4) is 0 Å². The van der Waals surface area contributed by atoms with Crippen LogP contribution in [-0.4, -0.2) is 31.7 Å². The van der Waals surface area contributed by atoms with E-state index in [2.05, 4.69) is 10.6 Å². The van der Waals surface area contributed by atoms with E-state index in [0.29, 0.717) is 19.5 Å². The Kier molecular flexibility index (Phi) is 6.49. The largest absolute Gasteiger partial charge is 0.460 e. The molecule has 0 saturated carbocycles. The molecular formula is C13H20N2O4. The number of nitrogens with one attached hydrogen (secondary N) is 2. The highest BCUT2D eigenvalue weighted by atomic mass is 16.5. The molecule has 0 aliphatic rings. The van der Waals surface area contributed by atoms with Gasteiger partial charge in [0.25, 0.3) is 0 Å². The summed E-state index contributed by atoms with van der Waals surface area (Å²) in [6.07, 6.45) is 1.30. The Morgan fingerprint density at radius 3 is 2.68 bits per heavy atom. The average molecular weight is 268 g/mol. The van der Waals surface area contributed by atoms with E-state index in [1.165, 1.54) is 0 Å². The van der Waals surface area contributed by atoms with Gasteiger partial charge in [0, 0.05) is 19.5 Å². The Morgan fingerprint density at radius 1 is 1.26 bits per heavy atom. The van der Waals surface area contributed by atoms with Crippen LogP contribution in [0.4, 0.5) is 4.79 Å². The molecule has 0 aromatic carbocycles. The van der Waals surface area contributed by atoms with Crippen molar-refractivity contribution in [1.29, 1.82) is 0 Å². The third kappa shape index (κ3) is 5.46. The van der Waals surface area contributed by atoms with Crippen LogP contribution >= 0.6 is 0 Å². The van der Waals surface area contributed by atoms with Crippen LogP contribution < -0.4 is 10.6 Å². The minimum Gasteiger partial charge on any atom is -0.460 e. The molecular weight excluding hydrogens is 248 g/mol. The molecule has 0 aliphatic carbocycles. The van der Waals surface area contributed by atoms with Crippen molar-refractivity contribution < 1.29 is 18.7 Å². The zero-order chi connectivity index (χ0) is 14.1. The Morgan fingerprint density at radius 2 is 2.05 bits per heavy atom. The van der Waals surface area contributed by atoms with Gasteiger partial charge < -0.3 is 19.8 Å². The number of ether oxygens (including phenoxy) is 1. The summed E-state index contributed by atoms with van der Waals surface area (Å²) >= 11 is 0. The summed E-state index contributed by atoms with van der Waals surface area (Å²) in [5.74, 6) is 0.496. The third-order valence-electron chi connectivity index (χ3n) is 2.39. The molecule has 6 heteroatoms. The summed E-state index contributed by atoms with van der Waals surface area (Å²) in [6, 6.07) is 3.15. The SMILES string of the molecule is CCNC(=O)NCCCOC(=O)c1ccc(CC)o1. The van der Waals surface area contributed by atoms with Gasteiger partial charge in [-0.25, -0.2) is 9.59 Å². The quantitative estimate of drug-likeness (QED) is 0.582. The van der Waals surface area contributed by atoms with Gasteiger partial charge in [0.05, 0.1) is 6.61 Å². The fourth-order valence-electron chi connectivity index (χ4n) is 1.41. The van der Waals surface area contributed by atoms with Crippen LogP contribution in [0.15, 0.2) is 16.5 Å². The Balaban J connectivity index is 2.15. The first-order valence-corrected chi connectivity index (χ1v) is 6.44. The maximum Gasteiger partial charge on any atom is 0.374 e. The normalized spacial score (nSPS) is 10.0. The second kappa shape index (κ2) is 8.18. The van der Waals surface area contributed by atoms with Gasteiger partial charge in [0.1, 0.15) is 5.76 Å². The van der Waals surface area contributed by atoms with Crippen molar-refractivity contribution in [2.24, 2.45) is 0 Å². The number of urea groups is 1. The topological polar surface area (TPSA) is 80.6 Å². The summed E-state index contributed by atoms with van der Waals surface area (Å²) in [7, 11) is 0. The predicted molar refractivity (Wildman–Crippen MR) is 70.1 cm³/mol. The van der Waals surface area contributed by atoms with E-state index in [-0.39, 0.29) is 18.4 Å². The number of hydrogen-bond acceptors (Lipinski definition) is 4. The molecule has 1 rings (SSSR count). The monoisotopic (exact) mass is 268 g/mol. The van der Waals surface area contributed by atoms with Crippen LogP contribution in [0.1, 0.15) is 36.6 Å². The number of carbonyl (C=O) groups is 2. The molecule has 0 fully saturated rings. The molecule has 0 spiro atoms. The second-order valence-corrected chi connectivity index (χ2v) is 3.90. The summed E-state index contributed by atoms with van der Waals surface area (Å²) < 4.78 is 10.3. The molecule has 0 bridgehead atoms. The maximum absolute atomic E-state index is 11.6. The zero-order valence-electron chi connectivity index (χ0n) is 11.3. The van der Waals surface area contributed by atoms with E-state index in [1.807, 2.05) is 13.8 Å². The van der Waals surface area contributed by atoms with E-state index in [4.69, 9.17) is 9.15 Å². The Labute approximate surface area is 112 Å². The minimum absolute atomic E-state index is 0.215. The number of furan rings is 1. The van der Waals surface area contributed by atoms with E-state index in [1.54, 1.807) is 12.1 Å². The highest BCUT2D eigenvalue weighted by Crippen LogP contribution is 2.09. The van der Waals surface area contributed by atoms with Crippen molar-refractivity contribution in [3.63, 3.8) is 0 Å². The van der Waals surface area contributed by atoms with Crippen molar-refractivity contribution in [1.82, 2.24) is 10.6 Å². The molecule has 2 N–H and O–H groups in total. The van der Waals surface area contributed by atoms with Gasteiger partial charge in [-0.15, -0.1) is 0 Å². The molecule has 0 radical (unpaired) electrons.